The van der Waals surface area contributed by atoms with Crippen molar-refractivity contribution in [3.05, 3.63) is 22.4 Å². The van der Waals surface area contributed by atoms with Gasteiger partial charge in [-0.1, -0.05) is 6.07 Å². The van der Waals surface area contributed by atoms with E-state index in [9.17, 15) is 0 Å². The minimum atomic E-state index is 1.26. The van der Waals surface area contributed by atoms with Crippen LogP contribution >= 0.6 is 11.3 Å². The molecule has 0 aliphatic carbocycles. The molecule has 1 aromatic rings. The van der Waals surface area contributed by atoms with Crippen LogP contribution < -0.4 is 4.90 Å². The summed E-state index contributed by atoms with van der Waals surface area (Å²) in [5, 5.41) is 2.19. The van der Waals surface area contributed by atoms with Crippen molar-refractivity contribution in [2.45, 2.75) is 32.2 Å². The van der Waals surface area contributed by atoms with Crippen molar-refractivity contribution < 1.29 is 4.90 Å². The van der Waals surface area contributed by atoms with E-state index >= 15 is 0 Å². The Morgan fingerprint density at radius 1 is 1.15 bits per heavy atom. The van der Waals surface area contributed by atoms with Gasteiger partial charge in [0.2, 0.25) is 0 Å². The zero-order valence-corrected chi connectivity index (χ0v) is 8.91. The van der Waals surface area contributed by atoms with Crippen LogP contribution in [0.15, 0.2) is 17.5 Å². The lowest BCUT2D eigenvalue weighted by molar-refractivity contribution is -0.912. The van der Waals surface area contributed by atoms with Crippen LogP contribution in [0.5, 0.6) is 0 Å². The highest BCUT2D eigenvalue weighted by Crippen LogP contribution is 2.07. The normalized spacial score (nSPS) is 20.0. The summed E-state index contributed by atoms with van der Waals surface area (Å²) in [5.74, 6) is 0. The van der Waals surface area contributed by atoms with Gasteiger partial charge in [-0.2, -0.15) is 0 Å². The standard InChI is InChI=1S/C11H17NS/c1-2-4-8-12(7-3-1)10-11-6-5-9-13-11/h5-6,9H,1-4,7-8,10H2/p+1. The van der Waals surface area contributed by atoms with E-state index in [-0.39, 0.29) is 0 Å². The molecule has 1 N–H and O–H groups in total. The first-order valence-corrected chi connectivity index (χ1v) is 6.19. The molecule has 0 unspecified atom stereocenters. The summed E-state index contributed by atoms with van der Waals surface area (Å²) in [6, 6.07) is 4.43. The van der Waals surface area contributed by atoms with Gasteiger partial charge < -0.3 is 4.90 Å². The van der Waals surface area contributed by atoms with Crippen molar-refractivity contribution in [2.75, 3.05) is 13.1 Å². The van der Waals surface area contributed by atoms with Crippen LogP contribution in [0.2, 0.25) is 0 Å². The van der Waals surface area contributed by atoms with Crippen LogP contribution in [0.3, 0.4) is 0 Å². The molecule has 0 amide bonds. The molecule has 0 radical (unpaired) electrons. The first-order valence-electron chi connectivity index (χ1n) is 5.31. The molecule has 13 heavy (non-hydrogen) atoms. The third-order valence-corrected chi connectivity index (χ3v) is 3.69. The first kappa shape index (κ1) is 9.22. The van der Waals surface area contributed by atoms with Gasteiger partial charge in [-0.15, -0.1) is 11.3 Å². The van der Waals surface area contributed by atoms with Gasteiger partial charge >= 0.3 is 0 Å². The lowest BCUT2D eigenvalue weighted by Crippen LogP contribution is -3.10. The minimum absolute atomic E-state index is 1.26. The van der Waals surface area contributed by atoms with E-state index in [1.165, 1.54) is 45.3 Å². The molecule has 2 heterocycles. The van der Waals surface area contributed by atoms with Crippen LogP contribution in [0.25, 0.3) is 0 Å². The maximum atomic E-state index is 2.27. The fourth-order valence-electron chi connectivity index (χ4n) is 2.06. The molecule has 1 aliphatic heterocycles. The van der Waals surface area contributed by atoms with E-state index in [1.54, 1.807) is 9.78 Å². The zero-order chi connectivity index (χ0) is 8.93. The number of quaternary nitrogens is 1. The van der Waals surface area contributed by atoms with E-state index in [4.69, 9.17) is 0 Å². The Bertz CT molecular complexity index is 222. The van der Waals surface area contributed by atoms with Crippen LogP contribution in [0.1, 0.15) is 30.6 Å². The number of hydrogen-bond acceptors (Lipinski definition) is 1. The highest BCUT2D eigenvalue weighted by Gasteiger charge is 2.12. The van der Waals surface area contributed by atoms with Crippen molar-refractivity contribution in [2.24, 2.45) is 0 Å². The number of hydrogen-bond donors (Lipinski definition) is 1. The van der Waals surface area contributed by atoms with E-state index in [2.05, 4.69) is 17.5 Å². The Morgan fingerprint density at radius 3 is 2.54 bits per heavy atom. The fourth-order valence-corrected chi connectivity index (χ4v) is 2.84. The number of nitrogens with one attached hydrogen (secondary N) is 1. The molecule has 0 saturated carbocycles. The summed E-state index contributed by atoms with van der Waals surface area (Å²) in [6.45, 7) is 4.04. The van der Waals surface area contributed by atoms with Crippen molar-refractivity contribution in [3.8, 4) is 0 Å². The second kappa shape index (κ2) is 4.77. The molecule has 0 spiro atoms. The van der Waals surface area contributed by atoms with Crippen LogP contribution in [0, 0.1) is 0 Å². The summed E-state index contributed by atoms with van der Waals surface area (Å²) < 4.78 is 0. The van der Waals surface area contributed by atoms with Crippen molar-refractivity contribution in [1.82, 2.24) is 0 Å². The molecule has 0 bridgehead atoms. The van der Waals surface area contributed by atoms with Crippen molar-refractivity contribution >= 4 is 11.3 Å². The fraction of sp³-hybridized carbons (Fsp3) is 0.636. The smallest absolute Gasteiger partial charge is 0.112 e. The topological polar surface area (TPSA) is 4.44 Å². The maximum Gasteiger partial charge on any atom is 0.112 e. The molecule has 1 fully saturated rings. The quantitative estimate of drug-likeness (QED) is 0.734. The molecular weight excluding hydrogens is 178 g/mol. The Hall–Kier alpha value is -0.340. The van der Waals surface area contributed by atoms with Gasteiger partial charge in [-0.3, -0.25) is 0 Å². The lowest BCUT2D eigenvalue weighted by atomic mass is 10.2. The Labute approximate surface area is 84.4 Å². The van der Waals surface area contributed by atoms with Gasteiger partial charge in [-0.05, 0) is 37.1 Å². The predicted molar refractivity (Wildman–Crippen MR) is 57.2 cm³/mol. The van der Waals surface area contributed by atoms with Crippen molar-refractivity contribution in [1.29, 1.82) is 0 Å². The van der Waals surface area contributed by atoms with E-state index in [1.807, 2.05) is 11.3 Å². The van der Waals surface area contributed by atoms with Gasteiger partial charge in [0.25, 0.3) is 0 Å². The Balaban J connectivity index is 1.86. The highest BCUT2D eigenvalue weighted by molar-refractivity contribution is 7.09. The maximum absolute atomic E-state index is 2.27. The van der Waals surface area contributed by atoms with Gasteiger partial charge in [-0.25, -0.2) is 0 Å². The van der Waals surface area contributed by atoms with Crippen molar-refractivity contribution in [3.63, 3.8) is 0 Å². The van der Waals surface area contributed by atoms with Gasteiger partial charge in [0.05, 0.1) is 18.0 Å². The highest BCUT2D eigenvalue weighted by atomic mass is 32.1. The van der Waals surface area contributed by atoms with Gasteiger partial charge in [0, 0.05) is 0 Å². The average Bonchev–Trinajstić information content (AvgIpc) is 2.49. The van der Waals surface area contributed by atoms with Gasteiger partial charge in [0.15, 0.2) is 0 Å². The SMILES string of the molecule is c1csc(C[NH+]2CCCCCC2)c1. The molecule has 0 atom stereocenters. The number of likely N-dealkylation sites (tertiary alicyclic amines) is 1. The van der Waals surface area contributed by atoms with Crippen LogP contribution in [-0.2, 0) is 6.54 Å². The molecular formula is C11H18NS+. The molecule has 1 aliphatic rings. The molecule has 0 aromatic carbocycles. The number of rotatable bonds is 2. The third-order valence-electron chi connectivity index (χ3n) is 2.81. The summed E-state index contributed by atoms with van der Waals surface area (Å²) in [6.07, 6.45) is 5.77. The second-order valence-electron chi connectivity index (χ2n) is 3.92. The molecule has 2 heteroatoms. The monoisotopic (exact) mass is 196 g/mol. The van der Waals surface area contributed by atoms with Crippen LogP contribution in [0.4, 0.5) is 0 Å². The lowest BCUT2D eigenvalue weighted by Gasteiger charge is -2.15. The minimum Gasteiger partial charge on any atom is -0.331 e. The zero-order valence-electron chi connectivity index (χ0n) is 8.09. The second-order valence-corrected chi connectivity index (χ2v) is 4.95. The summed E-state index contributed by atoms with van der Waals surface area (Å²) in [5.41, 5.74) is 0. The summed E-state index contributed by atoms with van der Waals surface area (Å²) in [7, 11) is 0. The summed E-state index contributed by atoms with van der Waals surface area (Å²) in [4.78, 5) is 3.34. The third kappa shape index (κ3) is 2.82. The molecule has 1 saturated heterocycles. The van der Waals surface area contributed by atoms with E-state index in [0.29, 0.717) is 0 Å². The largest absolute Gasteiger partial charge is 0.331 e. The Morgan fingerprint density at radius 2 is 1.92 bits per heavy atom. The number of thiophene rings is 1. The molecule has 1 nitrogen and oxygen atoms in total. The molecule has 72 valence electrons. The van der Waals surface area contributed by atoms with Gasteiger partial charge in [0.1, 0.15) is 6.54 Å². The van der Waals surface area contributed by atoms with Crippen LogP contribution in [-0.4, -0.2) is 13.1 Å². The molecule has 2 rings (SSSR count). The average molecular weight is 196 g/mol. The predicted octanol–water partition coefficient (Wildman–Crippen LogP) is 1.71. The van der Waals surface area contributed by atoms with E-state index in [0.717, 1.165) is 0 Å². The Kier molecular flexibility index (Phi) is 3.39. The van der Waals surface area contributed by atoms with E-state index < -0.39 is 0 Å². The molecule has 1 aromatic heterocycles. The first-order chi connectivity index (χ1) is 6.45. The summed E-state index contributed by atoms with van der Waals surface area (Å²) >= 11 is 1.90.